The summed E-state index contributed by atoms with van der Waals surface area (Å²) in [6, 6.07) is 4.98. The summed E-state index contributed by atoms with van der Waals surface area (Å²) in [4.78, 5) is 15.9. The van der Waals surface area contributed by atoms with Crippen molar-refractivity contribution in [2.45, 2.75) is 13.8 Å². The molecular formula is C16H19FN6O2. The van der Waals surface area contributed by atoms with Gasteiger partial charge >= 0.3 is 0 Å². The van der Waals surface area contributed by atoms with Crippen molar-refractivity contribution in [1.29, 1.82) is 0 Å². The van der Waals surface area contributed by atoms with Crippen molar-refractivity contribution >= 4 is 17.3 Å². The van der Waals surface area contributed by atoms with Gasteiger partial charge in [0.1, 0.15) is 11.5 Å². The molecule has 0 amide bonds. The van der Waals surface area contributed by atoms with Crippen molar-refractivity contribution < 1.29 is 9.13 Å². The van der Waals surface area contributed by atoms with Crippen LogP contribution in [-0.2, 0) is 4.74 Å². The van der Waals surface area contributed by atoms with Gasteiger partial charge in [0.05, 0.1) is 24.6 Å². The minimum absolute atomic E-state index is 0.125. The number of nitrogens with one attached hydrogen (secondary N) is 2. The summed E-state index contributed by atoms with van der Waals surface area (Å²) in [5, 5.41) is 11.6. The van der Waals surface area contributed by atoms with Gasteiger partial charge in [0.15, 0.2) is 0 Å². The molecule has 25 heavy (non-hydrogen) atoms. The standard InChI is InChI=1S/C16H19FN6O2/c1-10(19-21-16-18-15(24)11(2)20-22-16)12-3-4-14(13(17)9-12)23-5-7-25-8-6-23/h3-4,9H,5-8H2,1-2H3,(H2,18,21,22,24)/b19-10-. The van der Waals surface area contributed by atoms with E-state index < -0.39 is 0 Å². The first kappa shape index (κ1) is 17.0. The minimum Gasteiger partial charge on any atom is -0.378 e. The molecule has 0 unspecified atom stereocenters. The lowest BCUT2D eigenvalue weighted by molar-refractivity contribution is 0.122. The Labute approximate surface area is 143 Å². The van der Waals surface area contributed by atoms with Crippen LogP contribution in [0.25, 0.3) is 0 Å². The van der Waals surface area contributed by atoms with Gasteiger partial charge in [-0.1, -0.05) is 6.07 Å². The second-order valence-corrected chi connectivity index (χ2v) is 5.66. The molecule has 0 aliphatic carbocycles. The Morgan fingerprint density at radius 1 is 1.36 bits per heavy atom. The molecule has 3 rings (SSSR count). The maximum atomic E-state index is 14.4. The fraction of sp³-hybridized carbons (Fsp3) is 0.375. The van der Waals surface area contributed by atoms with E-state index in [-0.39, 0.29) is 23.0 Å². The van der Waals surface area contributed by atoms with Crippen molar-refractivity contribution in [2.24, 2.45) is 5.10 Å². The number of benzene rings is 1. The molecule has 1 aromatic carbocycles. The molecule has 8 nitrogen and oxygen atoms in total. The van der Waals surface area contributed by atoms with Crippen LogP contribution in [0.4, 0.5) is 16.0 Å². The quantitative estimate of drug-likeness (QED) is 0.640. The number of hydrogen-bond acceptors (Lipinski definition) is 7. The Balaban J connectivity index is 1.75. The molecule has 2 N–H and O–H groups in total. The van der Waals surface area contributed by atoms with Crippen molar-refractivity contribution in [1.82, 2.24) is 15.2 Å². The highest BCUT2D eigenvalue weighted by Gasteiger charge is 2.15. The van der Waals surface area contributed by atoms with Crippen molar-refractivity contribution in [3.63, 3.8) is 0 Å². The highest BCUT2D eigenvalue weighted by Crippen LogP contribution is 2.22. The molecule has 0 atom stereocenters. The van der Waals surface area contributed by atoms with Crippen LogP contribution in [0.5, 0.6) is 0 Å². The molecule has 1 aromatic heterocycles. The minimum atomic E-state index is -0.341. The van der Waals surface area contributed by atoms with Gasteiger partial charge in [0, 0.05) is 18.7 Å². The average molecular weight is 346 g/mol. The maximum absolute atomic E-state index is 14.4. The number of anilines is 2. The van der Waals surface area contributed by atoms with E-state index in [9.17, 15) is 9.18 Å². The molecule has 1 fully saturated rings. The first-order valence-corrected chi connectivity index (χ1v) is 7.91. The number of H-pyrrole nitrogens is 1. The normalized spacial score (nSPS) is 15.3. The Bertz CT molecular complexity index is 845. The predicted octanol–water partition coefficient (Wildman–Crippen LogP) is 1.29. The lowest BCUT2D eigenvalue weighted by atomic mass is 10.1. The molecule has 9 heteroatoms. The molecule has 1 aliphatic heterocycles. The van der Waals surface area contributed by atoms with E-state index >= 15 is 0 Å². The molecule has 2 heterocycles. The third-order valence-corrected chi connectivity index (χ3v) is 3.91. The van der Waals surface area contributed by atoms with Crippen molar-refractivity contribution in [2.75, 3.05) is 36.6 Å². The first-order valence-electron chi connectivity index (χ1n) is 7.91. The summed E-state index contributed by atoms with van der Waals surface area (Å²) in [5.74, 6) is -0.183. The van der Waals surface area contributed by atoms with Crippen LogP contribution in [0.15, 0.2) is 28.1 Å². The number of aryl methyl sites for hydroxylation is 1. The fourth-order valence-electron chi connectivity index (χ4n) is 2.44. The monoisotopic (exact) mass is 346 g/mol. The van der Waals surface area contributed by atoms with E-state index in [2.05, 4.69) is 25.7 Å². The third kappa shape index (κ3) is 4.00. The molecule has 0 bridgehead atoms. The molecule has 1 aliphatic rings. The van der Waals surface area contributed by atoms with E-state index in [0.717, 1.165) is 0 Å². The zero-order valence-electron chi connectivity index (χ0n) is 14.0. The Morgan fingerprint density at radius 2 is 2.12 bits per heavy atom. The number of halogens is 1. The number of hydrogen-bond donors (Lipinski definition) is 2. The molecule has 1 saturated heterocycles. The van der Waals surface area contributed by atoms with Crippen LogP contribution in [0.3, 0.4) is 0 Å². The van der Waals surface area contributed by atoms with Gasteiger partial charge in [-0.05, 0) is 26.0 Å². The molecular weight excluding hydrogens is 327 g/mol. The van der Waals surface area contributed by atoms with Gasteiger partial charge in [0.25, 0.3) is 5.56 Å². The largest absolute Gasteiger partial charge is 0.378 e. The van der Waals surface area contributed by atoms with Crippen molar-refractivity contribution in [3.05, 3.63) is 45.6 Å². The van der Waals surface area contributed by atoms with Gasteiger partial charge in [-0.2, -0.15) is 5.10 Å². The number of hydrazone groups is 1. The second-order valence-electron chi connectivity index (χ2n) is 5.66. The summed E-state index contributed by atoms with van der Waals surface area (Å²) in [6.45, 7) is 5.83. The van der Waals surface area contributed by atoms with Gasteiger partial charge in [-0.3, -0.25) is 9.78 Å². The van der Waals surface area contributed by atoms with Crippen LogP contribution < -0.4 is 15.9 Å². The molecule has 2 aromatic rings. The average Bonchev–Trinajstić information content (AvgIpc) is 2.63. The van der Waals surface area contributed by atoms with Gasteiger partial charge in [-0.25, -0.2) is 9.82 Å². The molecule has 0 radical (unpaired) electrons. The number of ether oxygens (including phenoxy) is 1. The molecule has 132 valence electrons. The predicted molar refractivity (Wildman–Crippen MR) is 92.7 cm³/mol. The lowest BCUT2D eigenvalue weighted by Gasteiger charge is -2.29. The first-order chi connectivity index (χ1) is 12.0. The van der Waals surface area contributed by atoms with Gasteiger partial charge < -0.3 is 9.64 Å². The highest BCUT2D eigenvalue weighted by molar-refractivity contribution is 5.99. The topological polar surface area (TPSA) is 95.5 Å². The summed E-state index contributed by atoms with van der Waals surface area (Å²) in [7, 11) is 0. The number of rotatable bonds is 4. The number of aromatic amines is 1. The van der Waals surface area contributed by atoms with Gasteiger partial charge in [0.2, 0.25) is 5.95 Å². The van der Waals surface area contributed by atoms with E-state index in [1.165, 1.54) is 6.07 Å². The fourth-order valence-corrected chi connectivity index (χ4v) is 2.44. The summed E-state index contributed by atoms with van der Waals surface area (Å²) < 4.78 is 19.7. The summed E-state index contributed by atoms with van der Waals surface area (Å²) >= 11 is 0. The SMILES string of the molecule is C/C(=N/Nc1nnc(C)c(=O)[nH]1)c1ccc(N2CCOCC2)c(F)c1. The van der Waals surface area contributed by atoms with Crippen molar-refractivity contribution in [3.8, 4) is 0 Å². The number of nitrogens with zero attached hydrogens (tertiary/aromatic N) is 4. The Kier molecular flexibility index (Phi) is 5.03. The van der Waals surface area contributed by atoms with E-state index in [1.807, 2.05) is 4.90 Å². The van der Waals surface area contributed by atoms with Crippen LogP contribution in [0.1, 0.15) is 18.2 Å². The number of morpholine rings is 1. The Hall–Kier alpha value is -2.81. The molecule has 0 saturated carbocycles. The van der Waals surface area contributed by atoms with E-state index in [0.29, 0.717) is 43.3 Å². The smallest absolute Gasteiger partial charge is 0.274 e. The van der Waals surface area contributed by atoms with E-state index in [1.54, 1.807) is 26.0 Å². The lowest BCUT2D eigenvalue weighted by Crippen LogP contribution is -2.36. The maximum Gasteiger partial charge on any atom is 0.274 e. The summed E-state index contributed by atoms with van der Waals surface area (Å²) in [6.07, 6.45) is 0. The highest BCUT2D eigenvalue weighted by atomic mass is 19.1. The third-order valence-electron chi connectivity index (χ3n) is 3.91. The zero-order chi connectivity index (χ0) is 17.8. The second kappa shape index (κ2) is 7.39. The van der Waals surface area contributed by atoms with Crippen LogP contribution >= 0.6 is 0 Å². The Morgan fingerprint density at radius 3 is 2.80 bits per heavy atom. The number of aromatic nitrogens is 3. The van der Waals surface area contributed by atoms with E-state index in [4.69, 9.17) is 4.74 Å². The molecule has 0 spiro atoms. The van der Waals surface area contributed by atoms with Crippen LogP contribution in [-0.4, -0.2) is 47.2 Å². The van der Waals surface area contributed by atoms with Crippen LogP contribution in [0.2, 0.25) is 0 Å². The zero-order valence-corrected chi connectivity index (χ0v) is 14.0. The van der Waals surface area contributed by atoms with Gasteiger partial charge in [-0.15, -0.1) is 10.2 Å². The summed E-state index contributed by atoms with van der Waals surface area (Å²) in [5.41, 5.74) is 4.28. The van der Waals surface area contributed by atoms with Crippen LogP contribution in [0, 0.1) is 12.7 Å².